The minimum atomic E-state index is -1.10. The molecule has 0 radical (unpaired) electrons. The second-order valence-corrected chi connectivity index (χ2v) is 11.1. The van der Waals surface area contributed by atoms with Crippen LogP contribution in [0.2, 0.25) is 0 Å². The molecule has 0 unspecified atom stereocenters. The van der Waals surface area contributed by atoms with Crippen molar-refractivity contribution in [3.05, 3.63) is 111 Å². The van der Waals surface area contributed by atoms with Gasteiger partial charge in [-0.2, -0.15) is 14.9 Å². The van der Waals surface area contributed by atoms with Crippen molar-refractivity contribution in [1.29, 1.82) is 0 Å². The first-order valence-electron chi connectivity index (χ1n) is 12.2. The first kappa shape index (κ1) is 27.4. The monoisotopic (exact) mass is 585 g/mol. The SMILES string of the molecule is Cc1cccc(-c2n[nH]c(=S)n2/N=C/c2ccc(/C=C3\SC(=S)N([C@@H](Cc4ccccc4)C(=O)O)C3=O)cc2)c1. The van der Waals surface area contributed by atoms with Crippen molar-refractivity contribution in [1.82, 2.24) is 19.8 Å². The van der Waals surface area contributed by atoms with Gasteiger partial charge in [-0.15, -0.1) is 0 Å². The van der Waals surface area contributed by atoms with Crippen molar-refractivity contribution in [3.63, 3.8) is 0 Å². The van der Waals surface area contributed by atoms with Gasteiger partial charge >= 0.3 is 5.97 Å². The van der Waals surface area contributed by atoms with Crippen LogP contribution in [0.5, 0.6) is 0 Å². The lowest BCUT2D eigenvalue weighted by Crippen LogP contribution is -2.45. The van der Waals surface area contributed by atoms with Crippen LogP contribution in [-0.2, 0) is 16.0 Å². The molecule has 40 heavy (non-hydrogen) atoms. The minimum absolute atomic E-state index is 0.163. The number of H-pyrrole nitrogens is 1. The molecular weight excluding hydrogens is 563 g/mol. The van der Waals surface area contributed by atoms with Gasteiger partial charge in [0.1, 0.15) is 10.4 Å². The Kier molecular flexibility index (Phi) is 8.15. The quantitative estimate of drug-likeness (QED) is 0.155. The molecule has 1 aliphatic heterocycles. The summed E-state index contributed by atoms with van der Waals surface area (Å²) < 4.78 is 2.17. The van der Waals surface area contributed by atoms with E-state index < -0.39 is 17.9 Å². The summed E-state index contributed by atoms with van der Waals surface area (Å²) in [5.74, 6) is -0.911. The van der Waals surface area contributed by atoms with Crippen molar-refractivity contribution < 1.29 is 14.7 Å². The fourth-order valence-electron chi connectivity index (χ4n) is 4.20. The fraction of sp³-hybridized carbons (Fsp3) is 0.103. The van der Waals surface area contributed by atoms with E-state index in [-0.39, 0.29) is 10.7 Å². The minimum Gasteiger partial charge on any atom is -0.480 e. The fourth-order valence-corrected chi connectivity index (χ4v) is 5.73. The molecule has 1 saturated heterocycles. The number of amides is 1. The predicted molar refractivity (Wildman–Crippen MR) is 164 cm³/mol. The number of nitrogens with zero attached hydrogens (tertiary/aromatic N) is 4. The molecule has 11 heteroatoms. The highest BCUT2D eigenvalue weighted by atomic mass is 32.2. The highest BCUT2D eigenvalue weighted by molar-refractivity contribution is 8.26. The maximum Gasteiger partial charge on any atom is 0.327 e. The normalized spacial score (nSPS) is 15.3. The van der Waals surface area contributed by atoms with E-state index in [1.165, 1.54) is 4.90 Å². The number of aliphatic carboxylic acids is 1. The third-order valence-corrected chi connectivity index (χ3v) is 7.77. The van der Waals surface area contributed by atoms with E-state index in [1.807, 2.05) is 85.8 Å². The largest absolute Gasteiger partial charge is 0.480 e. The van der Waals surface area contributed by atoms with Gasteiger partial charge in [0.2, 0.25) is 4.77 Å². The van der Waals surface area contributed by atoms with E-state index in [1.54, 1.807) is 17.0 Å². The molecule has 3 aromatic carbocycles. The summed E-state index contributed by atoms with van der Waals surface area (Å²) in [6.07, 6.45) is 3.55. The summed E-state index contributed by atoms with van der Waals surface area (Å²) in [5.41, 5.74) is 4.40. The summed E-state index contributed by atoms with van der Waals surface area (Å²) in [6.45, 7) is 2.01. The number of rotatable bonds is 8. The molecule has 4 aromatic rings. The molecule has 200 valence electrons. The van der Waals surface area contributed by atoms with E-state index >= 15 is 0 Å². The molecule has 2 N–H and O–H groups in total. The molecule has 5 rings (SSSR count). The van der Waals surface area contributed by atoms with Gasteiger partial charge in [-0.05, 0) is 48.0 Å². The van der Waals surface area contributed by atoms with Crippen molar-refractivity contribution in [2.45, 2.75) is 19.4 Å². The smallest absolute Gasteiger partial charge is 0.327 e. The lowest BCUT2D eigenvalue weighted by Gasteiger charge is -2.23. The summed E-state index contributed by atoms with van der Waals surface area (Å²) >= 11 is 11.9. The number of carboxylic acid groups (broad SMARTS) is 1. The average molecular weight is 586 g/mol. The summed E-state index contributed by atoms with van der Waals surface area (Å²) in [5, 5.41) is 21.5. The highest BCUT2D eigenvalue weighted by Crippen LogP contribution is 2.34. The number of hydrogen-bond acceptors (Lipinski definition) is 7. The van der Waals surface area contributed by atoms with Crippen molar-refractivity contribution in [2.24, 2.45) is 5.10 Å². The maximum atomic E-state index is 13.2. The van der Waals surface area contributed by atoms with Gasteiger partial charge in [0.15, 0.2) is 5.82 Å². The molecule has 1 aliphatic rings. The molecule has 8 nitrogen and oxygen atoms in total. The molecule has 1 aromatic heterocycles. The van der Waals surface area contributed by atoms with E-state index in [9.17, 15) is 14.7 Å². The highest BCUT2D eigenvalue weighted by Gasteiger charge is 2.40. The summed E-state index contributed by atoms with van der Waals surface area (Å²) in [4.78, 5) is 26.8. The van der Waals surface area contributed by atoms with E-state index in [0.29, 0.717) is 15.5 Å². The zero-order valence-electron chi connectivity index (χ0n) is 21.2. The number of aromatic nitrogens is 3. The van der Waals surface area contributed by atoms with E-state index in [0.717, 1.165) is 39.6 Å². The zero-order chi connectivity index (χ0) is 28.2. The van der Waals surface area contributed by atoms with Gasteiger partial charge in [-0.3, -0.25) is 9.69 Å². The lowest BCUT2D eigenvalue weighted by atomic mass is 10.0. The Morgan fingerprint density at radius 3 is 2.50 bits per heavy atom. The first-order valence-corrected chi connectivity index (χ1v) is 13.9. The second kappa shape index (κ2) is 11.9. The number of benzene rings is 3. The van der Waals surface area contributed by atoms with Crippen molar-refractivity contribution in [3.8, 4) is 11.4 Å². The third-order valence-electron chi connectivity index (χ3n) is 6.18. The Morgan fingerprint density at radius 1 is 1.07 bits per heavy atom. The molecule has 1 atom stereocenters. The number of thioether (sulfide) groups is 1. The number of nitrogens with one attached hydrogen (secondary N) is 1. The topological polar surface area (TPSA) is 104 Å². The number of carbonyl (C=O) groups excluding carboxylic acids is 1. The van der Waals surface area contributed by atoms with Crippen LogP contribution in [-0.4, -0.2) is 53.3 Å². The number of thiocarbonyl (C=S) groups is 1. The Labute approximate surface area is 245 Å². The third kappa shape index (κ3) is 6.01. The van der Waals surface area contributed by atoms with Crippen LogP contribution >= 0.6 is 36.2 Å². The summed E-state index contributed by atoms with van der Waals surface area (Å²) in [7, 11) is 0. The van der Waals surface area contributed by atoms with Crippen LogP contribution in [0, 0.1) is 11.7 Å². The van der Waals surface area contributed by atoms with Crippen molar-refractivity contribution in [2.75, 3.05) is 0 Å². The molecule has 1 amide bonds. The van der Waals surface area contributed by atoms with Gasteiger partial charge in [-0.1, -0.05) is 102 Å². The molecular formula is C29H23N5O3S3. The lowest BCUT2D eigenvalue weighted by molar-refractivity contribution is -0.145. The Balaban J connectivity index is 1.33. The van der Waals surface area contributed by atoms with Gasteiger partial charge < -0.3 is 5.11 Å². The molecule has 0 bridgehead atoms. The number of aromatic amines is 1. The van der Waals surface area contributed by atoms with Crippen LogP contribution in [0.25, 0.3) is 17.5 Å². The predicted octanol–water partition coefficient (Wildman–Crippen LogP) is 5.70. The first-order chi connectivity index (χ1) is 19.3. The Hall–Kier alpha value is -4.19. The summed E-state index contributed by atoms with van der Waals surface area (Å²) in [6, 6.07) is 23.4. The Bertz CT molecular complexity index is 1710. The van der Waals surface area contributed by atoms with Gasteiger partial charge in [0, 0.05) is 12.0 Å². The van der Waals surface area contributed by atoms with Crippen molar-refractivity contribution >= 4 is 64.7 Å². The molecule has 0 saturated carbocycles. The number of aryl methyl sites for hydroxylation is 1. The van der Waals surface area contributed by atoms with Crippen LogP contribution in [0.4, 0.5) is 0 Å². The van der Waals surface area contributed by atoms with E-state index in [4.69, 9.17) is 24.4 Å². The standard InChI is InChI=1S/C29H23N5O3S3/c1-18-6-5-9-22(14-18)25-31-32-28(38)34(25)30-17-21-12-10-20(11-13-21)16-24-26(35)33(29(39)40-24)23(27(36)37)15-19-7-3-2-4-8-19/h2-14,16-17,23H,15H2,1H3,(H,32,38)(H,36,37)/b24-16-,30-17+/t23-/m0/s1. The van der Waals surface area contributed by atoms with E-state index in [2.05, 4.69) is 15.3 Å². The number of carbonyl (C=O) groups is 2. The van der Waals surface area contributed by atoms with Gasteiger partial charge in [-0.25, -0.2) is 9.89 Å². The zero-order valence-corrected chi connectivity index (χ0v) is 23.7. The molecule has 2 heterocycles. The average Bonchev–Trinajstić information content (AvgIpc) is 3.45. The molecule has 0 spiro atoms. The molecule has 1 fully saturated rings. The van der Waals surface area contributed by atoms with Crippen LogP contribution in [0.3, 0.4) is 0 Å². The van der Waals surface area contributed by atoms with Crippen LogP contribution < -0.4 is 0 Å². The Morgan fingerprint density at radius 2 is 1.80 bits per heavy atom. The van der Waals surface area contributed by atoms with Gasteiger partial charge in [0.25, 0.3) is 5.91 Å². The second-order valence-electron chi connectivity index (χ2n) is 9.04. The van der Waals surface area contributed by atoms with Crippen LogP contribution in [0.15, 0.2) is 88.9 Å². The maximum absolute atomic E-state index is 13.2. The number of carboxylic acids is 1. The molecule has 0 aliphatic carbocycles. The van der Waals surface area contributed by atoms with Crippen LogP contribution in [0.1, 0.15) is 22.3 Å². The van der Waals surface area contributed by atoms with Gasteiger partial charge in [0.05, 0.1) is 11.1 Å². The number of hydrogen-bond donors (Lipinski definition) is 2.